The lowest BCUT2D eigenvalue weighted by Gasteiger charge is -2.40. The van der Waals surface area contributed by atoms with E-state index in [9.17, 15) is 19.5 Å². The summed E-state index contributed by atoms with van der Waals surface area (Å²) in [6.45, 7) is 15.5. The van der Waals surface area contributed by atoms with Gasteiger partial charge in [0.25, 0.3) is 5.91 Å². The van der Waals surface area contributed by atoms with Crippen LogP contribution in [0.3, 0.4) is 0 Å². The molecule has 3 heterocycles. The zero-order chi connectivity index (χ0) is 30.1. The molecule has 0 aliphatic carbocycles. The second-order valence-corrected chi connectivity index (χ2v) is 12.7. The number of anilines is 1. The van der Waals surface area contributed by atoms with Crippen LogP contribution in [0.2, 0.25) is 5.02 Å². The number of aliphatic hydroxyl groups excluding tert-OH is 1. The zero-order valence-corrected chi connectivity index (χ0v) is 25.3. The van der Waals surface area contributed by atoms with E-state index in [0.717, 1.165) is 0 Å². The van der Waals surface area contributed by atoms with Crippen molar-refractivity contribution in [2.24, 2.45) is 23.7 Å². The monoisotopic (exact) mass is 586 g/mol. The predicted molar refractivity (Wildman–Crippen MR) is 158 cm³/mol. The van der Waals surface area contributed by atoms with E-state index in [-0.39, 0.29) is 43.4 Å². The molecule has 9 heteroatoms. The summed E-state index contributed by atoms with van der Waals surface area (Å²) in [5.41, 5.74) is -1.62. The van der Waals surface area contributed by atoms with Crippen molar-refractivity contribution < 1.29 is 29.0 Å². The lowest BCUT2D eigenvalue weighted by atomic mass is 9.62. The molecule has 0 saturated carbocycles. The number of allylic oxidation sites excluding steroid dienone is 1. The molecule has 1 aromatic carbocycles. The number of carbonyl (C=O) groups is 3. The summed E-state index contributed by atoms with van der Waals surface area (Å²) in [7, 11) is 0. The highest BCUT2D eigenvalue weighted by Crippen LogP contribution is 2.65. The molecule has 7 atom stereocenters. The van der Waals surface area contributed by atoms with Crippen LogP contribution >= 0.6 is 11.6 Å². The Bertz CT molecular complexity index is 1170. The van der Waals surface area contributed by atoms with Gasteiger partial charge in [-0.15, -0.1) is 13.2 Å². The van der Waals surface area contributed by atoms with Crippen molar-refractivity contribution in [3.63, 3.8) is 0 Å². The third-order valence-electron chi connectivity index (χ3n) is 9.10. The van der Waals surface area contributed by atoms with Gasteiger partial charge in [0.15, 0.2) is 0 Å². The van der Waals surface area contributed by atoms with E-state index in [1.54, 1.807) is 41.3 Å². The first-order valence-electron chi connectivity index (χ1n) is 14.5. The summed E-state index contributed by atoms with van der Waals surface area (Å²) in [6.07, 6.45) is 5.64. The van der Waals surface area contributed by atoms with Crippen LogP contribution in [0.5, 0.6) is 0 Å². The third kappa shape index (κ3) is 5.35. The van der Waals surface area contributed by atoms with Gasteiger partial charge < -0.3 is 24.4 Å². The van der Waals surface area contributed by atoms with Gasteiger partial charge in [-0.25, -0.2) is 0 Å². The average molecular weight is 587 g/mol. The number of halogens is 1. The highest BCUT2D eigenvalue weighted by Gasteiger charge is 2.80. The SMILES string of the molecule is C=CCCCOC(=O)[C@@H]1[C@H]2C(=O)N([C@@H](CO)CC(C)C)C(C(=O)N(CC=C)c3ccc(Cl)cc3)C23CC(C)[C@@]1(C)O3. The lowest BCUT2D eigenvalue weighted by molar-refractivity contribution is -0.162. The fraction of sp³-hybridized carbons (Fsp3) is 0.594. The number of benzene rings is 1. The minimum Gasteiger partial charge on any atom is -0.465 e. The van der Waals surface area contributed by atoms with Crippen LogP contribution in [0.25, 0.3) is 0 Å². The molecule has 1 aromatic rings. The summed E-state index contributed by atoms with van der Waals surface area (Å²) in [5, 5.41) is 11.1. The lowest BCUT2D eigenvalue weighted by Crippen LogP contribution is -2.59. The molecule has 1 spiro atoms. The molecule has 3 saturated heterocycles. The van der Waals surface area contributed by atoms with Crippen LogP contribution in [0.4, 0.5) is 5.69 Å². The molecule has 4 rings (SSSR count). The van der Waals surface area contributed by atoms with Gasteiger partial charge in [-0.1, -0.05) is 44.5 Å². The van der Waals surface area contributed by atoms with Gasteiger partial charge in [0.1, 0.15) is 17.6 Å². The highest BCUT2D eigenvalue weighted by atomic mass is 35.5. The molecule has 3 aliphatic rings. The van der Waals surface area contributed by atoms with Gasteiger partial charge in [-0.05, 0) is 68.7 Å². The molecule has 2 bridgehead atoms. The molecule has 8 nitrogen and oxygen atoms in total. The van der Waals surface area contributed by atoms with Crippen molar-refractivity contribution in [2.75, 3.05) is 24.7 Å². The van der Waals surface area contributed by atoms with Gasteiger partial charge in [0, 0.05) is 17.3 Å². The number of amides is 2. The number of likely N-dealkylation sites (tertiary alicyclic amines) is 1. The summed E-state index contributed by atoms with van der Waals surface area (Å²) >= 11 is 6.13. The van der Waals surface area contributed by atoms with Crippen LogP contribution in [0.1, 0.15) is 53.4 Å². The van der Waals surface area contributed by atoms with Crippen LogP contribution in [-0.2, 0) is 23.9 Å². The van der Waals surface area contributed by atoms with Crippen molar-refractivity contribution in [1.82, 2.24) is 4.90 Å². The van der Waals surface area contributed by atoms with Gasteiger partial charge in [0.2, 0.25) is 5.91 Å². The Balaban J connectivity index is 1.82. The largest absolute Gasteiger partial charge is 0.465 e. The number of unbranched alkanes of at least 4 members (excludes halogenated alkanes) is 1. The quantitative estimate of drug-likeness (QED) is 0.203. The number of hydrogen-bond acceptors (Lipinski definition) is 6. The Kier molecular flexibility index (Phi) is 9.36. The van der Waals surface area contributed by atoms with Crippen molar-refractivity contribution in [1.29, 1.82) is 0 Å². The van der Waals surface area contributed by atoms with E-state index in [2.05, 4.69) is 13.2 Å². The molecule has 224 valence electrons. The molecule has 0 radical (unpaired) electrons. The normalized spacial score (nSPS) is 30.8. The Morgan fingerprint density at radius 3 is 2.54 bits per heavy atom. The first-order chi connectivity index (χ1) is 19.5. The smallest absolute Gasteiger partial charge is 0.312 e. The number of hydrogen-bond donors (Lipinski definition) is 1. The molecule has 3 aliphatic heterocycles. The Labute approximate surface area is 248 Å². The first-order valence-corrected chi connectivity index (χ1v) is 14.9. The fourth-order valence-electron chi connectivity index (χ4n) is 7.24. The van der Waals surface area contributed by atoms with Crippen LogP contribution in [0, 0.1) is 23.7 Å². The van der Waals surface area contributed by atoms with Gasteiger partial charge in [-0.3, -0.25) is 14.4 Å². The van der Waals surface area contributed by atoms with E-state index < -0.39 is 41.1 Å². The van der Waals surface area contributed by atoms with Crippen molar-refractivity contribution in [3.05, 3.63) is 54.6 Å². The fourth-order valence-corrected chi connectivity index (χ4v) is 7.36. The molecular formula is C32H43ClN2O6. The zero-order valence-electron chi connectivity index (χ0n) is 24.6. The second kappa shape index (κ2) is 12.3. The van der Waals surface area contributed by atoms with Crippen molar-refractivity contribution in [2.45, 2.75) is 76.7 Å². The maximum absolute atomic E-state index is 14.7. The summed E-state index contributed by atoms with van der Waals surface area (Å²) in [5.74, 6) is -2.92. The van der Waals surface area contributed by atoms with E-state index in [1.807, 2.05) is 27.7 Å². The molecule has 0 aromatic heterocycles. The molecule has 2 amide bonds. The number of ether oxygens (including phenoxy) is 2. The molecule has 3 unspecified atom stereocenters. The standard InChI is InChI=1S/C32H43ClN2O6/c1-7-9-10-16-40-30(39)26-25-28(37)35(24(19-36)17-20(3)4)27(32(25)18-21(5)31(26,6)41-32)29(38)34(15-8-2)23-13-11-22(33)12-14-23/h7-8,11-14,20-21,24-27,36H,1-2,9-10,15-19H2,3-6H3/t21?,24-,25+,26+,27?,31-,32?/m1/s1. The van der Waals surface area contributed by atoms with E-state index in [1.165, 1.54) is 4.90 Å². The molecule has 41 heavy (non-hydrogen) atoms. The van der Waals surface area contributed by atoms with Crippen LogP contribution in [-0.4, -0.2) is 70.8 Å². The topological polar surface area (TPSA) is 96.4 Å². The summed E-state index contributed by atoms with van der Waals surface area (Å²) in [6, 6.07) is 5.23. The maximum atomic E-state index is 14.7. The maximum Gasteiger partial charge on any atom is 0.312 e. The number of carbonyl (C=O) groups excluding carboxylic acids is 3. The number of fused-ring (bicyclic) bond motifs is 1. The van der Waals surface area contributed by atoms with E-state index in [0.29, 0.717) is 36.4 Å². The van der Waals surface area contributed by atoms with Crippen LogP contribution < -0.4 is 4.90 Å². The minimum absolute atomic E-state index is 0.117. The summed E-state index contributed by atoms with van der Waals surface area (Å²) < 4.78 is 12.5. The van der Waals surface area contributed by atoms with E-state index in [4.69, 9.17) is 21.1 Å². The number of esters is 1. The minimum atomic E-state index is -1.25. The van der Waals surface area contributed by atoms with Gasteiger partial charge in [-0.2, -0.15) is 0 Å². The summed E-state index contributed by atoms with van der Waals surface area (Å²) in [4.78, 5) is 45.9. The van der Waals surface area contributed by atoms with Gasteiger partial charge in [0.05, 0.1) is 30.8 Å². The number of rotatable bonds is 13. The van der Waals surface area contributed by atoms with Crippen LogP contribution in [0.15, 0.2) is 49.6 Å². The predicted octanol–water partition coefficient (Wildman–Crippen LogP) is 4.79. The third-order valence-corrected chi connectivity index (χ3v) is 9.35. The molecular weight excluding hydrogens is 544 g/mol. The van der Waals surface area contributed by atoms with E-state index >= 15 is 0 Å². The Morgan fingerprint density at radius 2 is 1.95 bits per heavy atom. The van der Waals surface area contributed by atoms with Gasteiger partial charge >= 0.3 is 5.97 Å². The van der Waals surface area contributed by atoms with Crippen molar-refractivity contribution >= 4 is 35.1 Å². The first kappa shape index (κ1) is 31.3. The Hall–Kier alpha value is -2.68. The van der Waals surface area contributed by atoms with Crippen molar-refractivity contribution in [3.8, 4) is 0 Å². The second-order valence-electron chi connectivity index (χ2n) is 12.2. The molecule has 1 N–H and O–H groups in total. The highest BCUT2D eigenvalue weighted by molar-refractivity contribution is 6.30. The number of nitrogens with zero attached hydrogens (tertiary/aromatic N) is 2. The number of aliphatic hydroxyl groups is 1. The average Bonchev–Trinajstić information content (AvgIpc) is 3.45. The molecule has 3 fully saturated rings. The Morgan fingerprint density at radius 1 is 1.27 bits per heavy atom.